The normalized spacial score (nSPS) is 18.4. The van der Waals surface area contributed by atoms with E-state index >= 15 is 0 Å². The van der Waals surface area contributed by atoms with Gasteiger partial charge in [0.05, 0.1) is 6.54 Å². The number of carbonyl (C=O) groups excluding carboxylic acids is 3. The smallest absolute Gasteiger partial charge is 0.236 e. The number of carbonyl (C=O) groups is 3. The number of benzene rings is 1. The van der Waals surface area contributed by atoms with E-state index in [1.807, 2.05) is 21.9 Å². The fourth-order valence-electron chi connectivity index (χ4n) is 3.93. The molecule has 2 amide bonds. The standard InChI is InChI=1S/C22H30BrN3O3/c23-19-7-5-18(6-8-19)20(27)9-10-21(28)26-15-13-24(14-16-26)17-22(29)25-11-3-1-2-4-12-25/h5-8H,1-4,9-17H2. The average Bonchev–Trinajstić information content (AvgIpc) is 3.02. The van der Waals surface area contributed by atoms with Crippen molar-refractivity contribution in [2.75, 3.05) is 45.8 Å². The first-order valence-electron chi connectivity index (χ1n) is 10.6. The van der Waals surface area contributed by atoms with Gasteiger partial charge in [0, 0.05) is 62.1 Å². The maximum atomic E-state index is 12.5. The zero-order valence-electron chi connectivity index (χ0n) is 16.9. The van der Waals surface area contributed by atoms with E-state index in [1.165, 1.54) is 12.8 Å². The molecule has 29 heavy (non-hydrogen) atoms. The maximum Gasteiger partial charge on any atom is 0.236 e. The minimum atomic E-state index is -0.00691. The van der Waals surface area contributed by atoms with Crippen molar-refractivity contribution in [3.05, 3.63) is 34.3 Å². The van der Waals surface area contributed by atoms with Gasteiger partial charge in [-0.25, -0.2) is 0 Å². The number of nitrogens with zero attached hydrogens (tertiary/aromatic N) is 3. The summed E-state index contributed by atoms with van der Waals surface area (Å²) in [7, 11) is 0. The molecule has 1 aromatic rings. The van der Waals surface area contributed by atoms with Gasteiger partial charge in [-0.05, 0) is 25.0 Å². The number of hydrogen-bond donors (Lipinski definition) is 0. The number of Topliss-reactive ketones (excluding diaryl/α,β-unsaturated/α-hetero) is 1. The second kappa shape index (κ2) is 10.9. The van der Waals surface area contributed by atoms with Gasteiger partial charge in [-0.2, -0.15) is 0 Å². The van der Waals surface area contributed by atoms with Gasteiger partial charge < -0.3 is 9.80 Å². The summed E-state index contributed by atoms with van der Waals surface area (Å²) in [5.41, 5.74) is 0.637. The van der Waals surface area contributed by atoms with Crippen molar-refractivity contribution in [1.29, 1.82) is 0 Å². The van der Waals surface area contributed by atoms with Crippen LogP contribution in [0.25, 0.3) is 0 Å². The van der Waals surface area contributed by atoms with Gasteiger partial charge in [-0.3, -0.25) is 19.3 Å². The molecule has 0 atom stereocenters. The molecule has 0 bridgehead atoms. The summed E-state index contributed by atoms with van der Waals surface area (Å²) in [5.74, 6) is 0.230. The molecule has 158 valence electrons. The number of rotatable bonds is 6. The first-order chi connectivity index (χ1) is 14.0. The molecule has 6 nitrogen and oxygen atoms in total. The first kappa shape index (κ1) is 22.0. The molecular weight excluding hydrogens is 434 g/mol. The SMILES string of the molecule is O=C(CCC(=O)N1CCN(CC(=O)N2CCCCCC2)CC1)c1ccc(Br)cc1. The van der Waals surface area contributed by atoms with Crippen molar-refractivity contribution in [2.24, 2.45) is 0 Å². The summed E-state index contributed by atoms with van der Waals surface area (Å²) in [6.45, 7) is 4.88. The van der Waals surface area contributed by atoms with Crippen molar-refractivity contribution in [1.82, 2.24) is 14.7 Å². The van der Waals surface area contributed by atoms with Crippen molar-refractivity contribution >= 4 is 33.5 Å². The van der Waals surface area contributed by atoms with Gasteiger partial charge in [0.2, 0.25) is 11.8 Å². The highest BCUT2D eigenvalue weighted by Gasteiger charge is 2.24. The lowest BCUT2D eigenvalue weighted by Gasteiger charge is -2.35. The van der Waals surface area contributed by atoms with Crippen LogP contribution in [0.3, 0.4) is 0 Å². The van der Waals surface area contributed by atoms with E-state index in [9.17, 15) is 14.4 Å². The van der Waals surface area contributed by atoms with E-state index in [1.54, 1.807) is 12.1 Å². The minimum Gasteiger partial charge on any atom is -0.342 e. The quantitative estimate of drug-likeness (QED) is 0.608. The fraction of sp³-hybridized carbons (Fsp3) is 0.591. The van der Waals surface area contributed by atoms with Gasteiger partial charge in [-0.15, -0.1) is 0 Å². The van der Waals surface area contributed by atoms with Gasteiger partial charge >= 0.3 is 0 Å². The fourth-order valence-corrected chi connectivity index (χ4v) is 4.19. The molecule has 2 saturated heterocycles. The third-order valence-corrected chi connectivity index (χ3v) is 6.30. The van der Waals surface area contributed by atoms with Crippen molar-refractivity contribution in [3.63, 3.8) is 0 Å². The van der Waals surface area contributed by atoms with Crippen LogP contribution in [0.1, 0.15) is 48.9 Å². The molecule has 0 radical (unpaired) electrons. The molecule has 3 rings (SSSR count). The van der Waals surface area contributed by atoms with Crippen molar-refractivity contribution < 1.29 is 14.4 Å². The van der Waals surface area contributed by atoms with Crippen molar-refractivity contribution in [3.8, 4) is 0 Å². The monoisotopic (exact) mass is 463 g/mol. The highest BCUT2D eigenvalue weighted by molar-refractivity contribution is 9.10. The van der Waals surface area contributed by atoms with Crippen LogP contribution in [0.2, 0.25) is 0 Å². The van der Waals surface area contributed by atoms with Gasteiger partial charge in [-0.1, -0.05) is 40.9 Å². The number of piperazine rings is 1. The van der Waals surface area contributed by atoms with E-state index in [0.717, 1.165) is 30.4 Å². The molecule has 2 heterocycles. The van der Waals surface area contributed by atoms with Gasteiger partial charge in [0.15, 0.2) is 5.78 Å². The highest BCUT2D eigenvalue weighted by atomic mass is 79.9. The third-order valence-electron chi connectivity index (χ3n) is 5.77. The van der Waals surface area contributed by atoms with Crippen LogP contribution in [0.15, 0.2) is 28.7 Å². The van der Waals surface area contributed by atoms with Gasteiger partial charge in [0.1, 0.15) is 0 Å². The van der Waals surface area contributed by atoms with Gasteiger partial charge in [0.25, 0.3) is 0 Å². The number of ketones is 1. The number of halogens is 1. The Morgan fingerprint density at radius 3 is 1.93 bits per heavy atom. The molecule has 2 fully saturated rings. The van der Waals surface area contributed by atoms with E-state index in [0.29, 0.717) is 38.3 Å². The number of likely N-dealkylation sites (tertiary alicyclic amines) is 1. The lowest BCUT2D eigenvalue weighted by Crippen LogP contribution is -2.51. The summed E-state index contributed by atoms with van der Waals surface area (Å²) in [5, 5.41) is 0. The summed E-state index contributed by atoms with van der Waals surface area (Å²) >= 11 is 3.35. The first-order valence-corrected chi connectivity index (χ1v) is 11.4. The average molecular weight is 464 g/mol. The zero-order chi connectivity index (χ0) is 20.6. The lowest BCUT2D eigenvalue weighted by molar-refractivity contribution is -0.135. The Bertz CT molecular complexity index is 707. The van der Waals surface area contributed by atoms with Crippen LogP contribution in [-0.2, 0) is 9.59 Å². The second-order valence-corrected chi connectivity index (χ2v) is 8.80. The largest absolute Gasteiger partial charge is 0.342 e. The van der Waals surface area contributed by atoms with Crippen molar-refractivity contribution in [2.45, 2.75) is 38.5 Å². The Kier molecular flexibility index (Phi) is 8.24. The summed E-state index contributed by atoms with van der Waals surface area (Å²) in [6.07, 6.45) is 5.11. The number of amides is 2. The molecule has 2 aliphatic heterocycles. The molecule has 0 saturated carbocycles. The Morgan fingerprint density at radius 2 is 1.31 bits per heavy atom. The third kappa shape index (κ3) is 6.64. The van der Waals surface area contributed by atoms with E-state index < -0.39 is 0 Å². The Balaban J connectivity index is 1.38. The number of hydrogen-bond acceptors (Lipinski definition) is 4. The molecule has 0 spiro atoms. The molecule has 0 aliphatic carbocycles. The molecule has 1 aromatic carbocycles. The van der Waals surface area contributed by atoms with Crippen LogP contribution in [-0.4, -0.2) is 78.1 Å². The Labute approximate surface area is 181 Å². The van der Waals surface area contributed by atoms with Crippen LogP contribution in [0.4, 0.5) is 0 Å². The molecule has 2 aliphatic rings. The van der Waals surface area contributed by atoms with E-state index in [4.69, 9.17) is 0 Å². The summed E-state index contributed by atoms with van der Waals surface area (Å²) in [4.78, 5) is 43.2. The minimum absolute atomic E-state index is 0.00691. The van der Waals surface area contributed by atoms with E-state index in [-0.39, 0.29) is 30.4 Å². The highest BCUT2D eigenvalue weighted by Crippen LogP contribution is 2.14. The molecule has 7 heteroatoms. The Morgan fingerprint density at radius 1 is 0.724 bits per heavy atom. The predicted molar refractivity (Wildman–Crippen MR) is 116 cm³/mol. The zero-order valence-corrected chi connectivity index (χ0v) is 18.5. The van der Waals surface area contributed by atoms with Crippen LogP contribution >= 0.6 is 15.9 Å². The predicted octanol–water partition coefficient (Wildman–Crippen LogP) is 2.96. The second-order valence-electron chi connectivity index (χ2n) is 7.88. The van der Waals surface area contributed by atoms with E-state index in [2.05, 4.69) is 20.8 Å². The molecule has 0 aromatic heterocycles. The van der Waals surface area contributed by atoms with Crippen LogP contribution in [0, 0.1) is 0 Å². The maximum absolute atomic E-state index is 12.5. The summed E-state index contributed by atoms with van der Waals surface area (Å²) in [6, 6.07) is 7.22. The molecule has 0 N–H and O–H groups in total. The Hall–Kier alpha value is -1.73. The van der Waals surface area contributed by atoms with Crippen LogP contribution in [0.5, 0.6) is 0 Å². The molecular formula is C22H30BrN3O3. The summed E-state index contributed by atoms with van der Waals surface area (Å²) < 4.78 is 0.928. The lowest BCUT2D eigenvalue weighted by atomic mass is 10.1. The topological polar surface area (TPSA) is 60.9 Å². The molecule has 0 unspecified atom stereocenters. The van der Waals surface area contributed by atoms with Crippen LogP contribution < -0.4 is 0 Å².